The van der Waals surface area contributed by atoms with Gasteiger partial charge in [-0.15, -0.1) is 10.2 Å². The van der Waals surface area contributed by atoms with Gasteiger partial charge in [-0.2, -0.15) is 0 Å². The van der Waals surface area contributed by atoms with E-state index in [0.29, 0.717) is 15.2 Å². The second kappa shape index (κ2) is 4.80. The third-order valence-electron chi connectivity index (χ3n) is 1.95. The molecule has 0 radical (unpaired) electrons. The number of aromatic nitrogens is 2. The van der Waals surface area contributed by atoms with Crippen LogP contribution < -0.4 is 5.32 Å². The van der Waals surface area contributed by atoms with Crippen molar-refractivity contribution >= 4 is 38.3 Å². The fourth-order valence-electron chi connectivity index (χ4n) is 1.17. The molecule has 2 aromatic rings. The molecule has 88 valence electrons. The van der Waals surface area contributed by atoms with E-state index in [1.165, 1.54) is 17.4 Å². The molecule has 1 aromatic carbocycles. The van der Waals surface area contributed by atoms with Crippen molar-refractivity contribution in [1.29, 1.82) is 0 Å². The average molecular weight is 314 g/mol. The zero-order valence-corrected chi connectivity index (χ0v) is 11.2. The first-order chi connectivity index (χ1) is 8.06. The quantitative estimate of drug-likeness (QED) is 0.893. The van der Waals surface area contributed by atoms with Crippen molar-refractivity contribution in [3.05, 3.63) is 33.2 Å². The standard InChI is InChI=1S/C10H8BrN3O2S/c1-5-13-14-10(17-5)12-9(16)6-2-3-7(11)8(15)4-6/h2-4,15H,1H3,(H,12,14,16). The van der Waals surface area contributed by atoms with Gasteiger partial charge >= 0.3 is 0 Å². The molecule has 0 aliphatic carbocycles. The number of rotatable bonds is 2. The number of carbonyl (C=O) groups is 1. The Morgan fingerprint density at radius 3 is 2.82 bits per heavy atom. The van der Waals surface area contributed by atoms with Gasteiger partial charge in [0.15, 0.2) is 0 Å². The van der Waals surface area contributed by atoms with E-state index in [4.69, 9.17) is 0 Å². The predicted octanol–water partition coefficient (Wildman–Crippen LogP) is 2.57. The number of halogens is 1. The Hall–Kier alpha value is -1.47. The monoisotopic (exact) mass is 313 g/mol. The number of nitrogens with zero attached hydrogens (tertiary/aromatic N) is 2. The van der Waals surface area contributed by atoms with Crippen LogP contribution in [0.2, 0.25) is 0 Å². The maximum Gasteiger partial charge on any atom is 0.257 e. The van der Waals surface area contributed by atoms with Gasteiger partial charge in [-0.1, -0.05) is 11.3 Å². The third-order valence-corrected chi connectivity index (χ3v) is 3.38. The van der Waals surface area contributed by atoms with Crippen LogP contribution in [0, 0.1) is 6.92 Å². The molecule has 1 heterocycles. The molecule has 2 rings (SSSR count). The Morgan fingerprint density at radius 2 is 2.24 bits per heavy atom. The first-order valence-electron chi connectivity index (χ1n) is 4.66. The number of aromatic hydroxyl groups is 1. The molecule has 0 saturated carbocycles. The minimum atomic E-state index is -0.330. The highest BCUT2D eigenvalue weighted by atomic mass is 79.9. The molecule has 0 bridgehead atoms. The normalized spacial score (nSPS) is 10.2. The molecule has 0 aliphatic rings. The number of phenolic OH excluding ortho intramolecular Hbond substituents is 1. The van der Waals surface area contributed by atoms with Gasteiger partial charge in [-0.05, 0) is 41.1 Å². The summed E-state index contributed by atoms with van der Waals surface area (Å²) in [5.41, 5.74) is 0.360. The molecule has 7 heteroatoms. The van der Waals surface area contributed by atoms with Crippen LogP contribution >= 0.6 is 27.3 Å². The minimum absolute atomic E-state index is 0.0195. The van der Waals surface area contributed by atoms with E-state index in [2.05, 4.69) is 31.4 Å². The lowest BCUT2D eigenvalue weighted by Crippen LogP contribution is -2.11. The molecule has 0 spiro atoms. The van der Waals surface area contributed by atoms with E-state index in [1.807, 2.05) is 0 Å². The maximum absolute atomic E-state index is 11.8. The highest BCUT2D eigenvalue weighted by Gasteiger charge is 2.10. The Balaban J connectivity index is 2.17. The molecule has 0 atom stereocenters. The lowest BCUT2D eigenvalue weighted by molar-refractivity contribution is 0.102. The number of carbonyl (C=O) groups excluding carboxylic acids is 1. The first kappa shape index (κ1) is 12.0. The highest BCUT2D eigenvalue weighted by molar-refractivity contribution is 9.10. The largest absolute Gasteiger partial charge is 0.507 e. The van der Waals surface area contributed by atoms with E-state index >= 15 is 0 Å². The van der Waals surface area contributed by atoms with Crippen molar-refractivity contribution in [2.24, 2.45) is 0 Å². The summed E-state index contributed by atoms with van der Waals surface area (Å²) in [6.45, 7) is 1.80. The summed E-state index contributed by atoms with van der Waals surface area (Å²) in [6, 6.07) is 4.59. The van der Waals surface area contributed by atoms with Crippen LogP contribution in [0.1, 0.15) is 15.4 Å². The Bertz CT molecular complexity index is 570. The summed E-state index contributed by atoms with van der Waals surface area (Å²) >= 11 is 4.44. The number of phenols is 1. The lowest BCUT2D eigenvalue weighted by Gasteiger charge is -2.02. The van der Waals surface area contributed by atoms with Gasteiger partial charge in [0.1, 0.15) is 10.8 Å². The summed E-state index contributed by atoms with van der Waals surface area (Å²) in [5, 5.41) is 20.9. The Labute approximate surface area is 110 Å². The Morgan fingerprint density at radius 1 is 1.47 bits per heavy atom. The predicted molar refractivity (Wildman–Crippen MR) is 68.4 cm³/mol. The highest BCUT2D eigenvalue weighted by Crippen LogP contribution is 2.25. The number of hydrogen-bond donors (Lipinski definition) is 2. The number of nitrogens with one attached hydrogen (secondary N) is 1. The molecule has 5 nitrogen and oxygen atoms in total. The van der Waals surface area contributed by atoms with Gasteiger partial charge in [0, 0.05) is 5.56 Å². The molecular weight excluding hydrogens is 306 g/mol. The van der Waals surface area contributed by atoms with Gasteiger partial charge in [-0.3, -0.25) is 10.1 Å². The number of hydrogen-bond acceptors (Lipinski definition) is 5. The molecule has 17 heavy (non-hydrogen) atoms. The molecular formula is C10H8BrN3O2S. The van der Waals surface area contributed by atoms with E-state index in [-0.39, 0.29) is 11.7 Å². The zero-order valence-electron chi connectivity index (χ0n) is 8.77. The summed E-state index contributed by atoms with van der Waals surface area (Å²) in [6.07, 6.45) is 0. The molecule has 1 amide bonds. The molecule has 0 unspecified atom stereocenters. The first-order valence-corrected chi connectivity index (χ1v) is 6.27. The van der Waals surface area contributed by atoms with Gasteiger partial charge in [0.25, 0.3) is 5.91 Å². The number of anilines is 1. The van der Waals surface area contributed by atoms with Crippen LogP contribution in [0.25, 0.3) is 0 Å². The molecule has 0 aliphatic heterocycles. The van der Waals surface area contributed by atoms with E-state index in [1.54, 1.807) is 19.1 Å². The maximum atomic E-state index is 11.8. The SMILES string of the molecule is Cc1nnc(NC(=O)c2ccc(Br)c(O)c2)s1. The van der Waals surface area contributed by atoms with Crippen molar-refractivity contribution in [1.82, 2.24) is 10.2 Å². The second-order valence-corrected chi connectivity index (χ2v) is 5.28. The lowest BCUT2D eigenvalue weighted by atomic mass is 10.2. The van der Waals surface area contributed by atoms with Gasteiger partial charge in [0.2, 0.25) is 5.13 Å². The second-order valence-electron chi connectivity index (χ2n) is 3.25. The van der Waals surface area contributed by atoms with Gasteiger partial charge in [0.05, 0.1) is 4.47 Å². The van der Waals surface area contributed by atoms with Crippen LogP contribution in [0.5, 0.6) is 5.75 Å². The van der Waals surface area contributed by atoms with Crippen molar-refractivity contribution in [3.8, 4) is 5.75 Å². The molecule has 1 aromatic heterocycles. The van der Waals surface area contributed by atoms with Crippen LogP contribution in [0.3, 0.4) is 0 Å². The van der Waals surface area contributed by atoms with Crippen molar-refractivity contribution < 1.29 is 9.90 Å². The third kappa shape index (κ3) is 2.80. The number of aryl methyl sites for hydroxylation is 1. The smallest absolute Gasteiger partial charge is 0.257 e. The number of amides is 1. The van der Waals surface area contributed by atoms with Crippen LogP contribution in [-0.4, -0.2) is 21.2 Å². The average Bonchev–Trinajstić information content (AvgIpc) is 2.68. The van der Waals surface area contributed by atoms with Crippen LogP contribution in [0.15, 0.2) is 22.7 Å². The Kier molecular flexibility index (Phi) is 3.39. The molecule has 2 N–H and O–H groups in total. The van der Waals surface area contributed by atoms with Crippen molar-refractivity contribution in [2.75, 3.05) is 5.32 Å². The summed E-state index contributed by atoms with van der Waals surface area (Å²) in [4.78, 5) is 11.8. The molecule has 0 saturated heterocycles. The van der Waals surface area contributed by atoms with E-state index < -0.39 is 0 Å². The zero-order chi connectivity index (χ0) is 12.4. The summed E-state index contributed by atoms with van der Waals surface area (Å²) in [5.74, 6) is -0.310. The number of benzene rings is 1. The fourth-order valence-corrected chi connectivity index (χ4v) is 2.00. The van der Waals surface area contributed by atoms with E-state index in [9.17, 15) is 9.90 Å². The van der Waals surface area contributed by atoms with E-state index in [0.717, 1.165) is 5.01 Å². The van der Waals surface area contributed by atoms with Crippen molar-refractivity contribution in [2.45, 2.75) is 6.92 Å². The summed E-state index contributed by atoms with van der Waals surface area (Å²) < 4.78 is 0.542. The van der Waals surface area contributed by atoms with Crippen molar-refractivity contribution in [3.63, 3.8) is 0 Å². The topological polar surface area (TPSA) is 75.1 Å². The minimum Gasteiger partial charge on any atom is -0.507 e. The van der Waals surface area contributed by atoms with Gasteiger partial charge < -0.3 is 5.11 Å². The molecule has 0 fully saturated rings. The van der Waals surface area contributed by atoms with Gasteiger partial charge in [-0.25, -0.2) is 0 Å². The summed E-state index contributed by atoms with van der Waals surface area (Å²) in [7, 11) is 0. The van der Waals surface area contributed by atoms with Crippen LogP contribution in [-0.2, 0) is 0 Å². The van der Waals surface area contributed by atoms with Crippen LogP contribution in [0.4, 0.5) is 5.13 Å². The fraction of sp³-hybridized carbons (Fsp3) is 0.100.